The molecule has 0 unspecified atom stereocenters. The van der Waals surface area contributed by atoms with Crippen LogP contribution in [0.2, 0.25) is 0 Å². The van der Waals surface area contributed by atoms with Crippen LogP contribution in [0, 0.1) is 0 Å². The van der Waals surface area contributed by atoms with Crippen molar-refractivity contribution >= 4 is 17.2 Å². The van der Waals surface area contributed by atoms with E-state index in [4.69, 9.17) is 4.74 Å². The molecular formula is C17H19NO2S. The Morgan fingerprint density at radius 3 is 2.86 bits per heavy atom. The lowest BCUT2D eigenvalue weighted by Gasteiger charge is -2.27. The van der Waals surface area contributed by atoms with E-state index in [2.05, 4.69) is 11.4 Å². The maximum Gasteiger partial charge on any atom is 0.223 e. The highest BCUT2D eigenvalue weighted by Gasteiger charge is 2.20. The van der Waals surface area contributed by atoms with E-state index in [0.717, 1.165) is 31.7 Å². The molecule has 21 heavy (non-hydrogen) atoms. The lowest BCUT2D eigenvalue weighted by atomic mass is 10.1. The maximum absolute atomic E-state index is 12.3. The monoisotopic (exact) mass is 301 g/mol. The van der Waals surface area contributed by atoms with Gasteiger partial charge in [-0.3, -0.25) is 4.79 Å². The number of thiophene rings is 1. The van der Waals surface area contributed by atoms with Gasteiger partial charge in [-0.05, 0) is 47.5 Å². The van der Waals surface area contributed by atoms with Gasteiger partial charge in [0.05, 0.1) is 7.11 Å². The zero-order valence-electron chi connectivity index (χ0n) is 12.2. The first kappa shape index (κ1) is 14.1. The summed E-state index contributed by atoms with van der Waals surface area (Å²) in [5, 5.41) is 2.12. The normalized spacial score (nSPS) is 13.9. The van der Waals surface area contributed by atoms with E-state index in [0.29, 0.717) is 6.42 Å². The molecule has 0 saturated carbocycles. The van der Waals surface area contributed by atoms with Crippen molar-refractivity contribution < 1.29 is 9.53 Å². The van der Waals surface area contributed by atoms with Crippen molar-refractivity contribution in [3.05, 3.63) is 51.7 Å². The summed E-state index contributed by atoms with van der Waals surface area (Å²) >= 11 is 1.80. The third-order valence-corrected chi connectivity index (χ3v) is 4.97. The lowest BCUT2D eigenvalue weighted by molar-refractivity contribution is -0.132. The number of benzene rings is 1. The van der Waals surface area contributed by atoms with E-state index in [1.807, 2.05) is 29.2 Å². The van der Waals surface area contributed by atoms with Gasteiger partial charge in [0.2, 0.25) is 5.91 Å². The smallest absolute Gasteiger partial charge is 0.223 e. The number of aryl methyl sites for hydroxylation is 1. The molecule has 2 heterocycles. The summed E-state index contributed by atoms with van der Waals surface area (Å²) in [6, 6.07) is 10.1. The van der Waals surface area contributed by atoms with Crippen LogP contribution in [0.5, 0.6) is 5.75 Å². The molecule has 0 N–H and O–H groups in total. The summed E-state index contributed by atoms with van der Waals surface area (Å²) in [4.78, 5) is 15.8. The van der Waals surface area contributed by atoms with Crippen LogP contribution in [0.3, 0.4) is 0 Å². The second kappa shape index (κ2) is 6.31. The molecule has 1 aliphatic heterocycles. The largest absolute Gasteiger partial charge is 0.497 e. The molecule has 110 valence electrons. The molecule has 2 aromatic rings. The van der Waals surface area contributed by atoms with Crippen molar-refractivity contribution in [3.8, 4) is 5.75 Å². The first-order valence-electron chi connectivity index (χ1n) is 7.22. The Labute approximate surface area is 129 Å². The number of rotatable bonds is 4. The van der Waals surface area contributed by atoms with E-state index >= 15 is 0 Å². The van der Waals surface area contributed by atoms with Crippen molar-refractivity contribution in [2.75, 3.05) is 13.7 Å². The van der Waals surface area contributed by atoms with Crippen LogP contribution in [-0.4, -0.2) is 24.5 Å². The fraction of sp³-hybridized carbons (Fsp3) is 0.353. The number of amides is 1. The summed E-state index contributed by atoms with van der Waals surface area (Å²) in [6.45, 7) is 1.63. The summed E-state index contributed by atoms with van der Waals surface area (Å²) in [6.07, 6.45) is 2.36. The predicted octanol–water partition coefficient (Wildman–Crippen LogP) is 3.27. The van der Waals surface area contributed by atoms with Crippen LogP contribution in [-0.2, 0) is 24.2 Å². The van der Waals surface area contributed by atoms with E-state index in [9.17, 15) is 4.79 Å². The molecule has 1 amide bonds. The summed E-state index contributed by atoms with van der Waals surface area (Å²) in [7, 11) is 1.66. The van der Waals surface area contributed by atoms with Crippen LogP contribution in [0.4, 0.5) is 0 Å². The number of nitrogens with zero attached hydrogens (tertiary/aromatic N) is 1. The molecule has 3 rings (SSSR count). The highest BCUT2D eigenvalue weighted by atomic mass is 32.1. The summed E-state index contributed by atoms with van der Waals surface area (Å²) in [5.41, 5.74) is 2.50. The van der Waals surface area contributed by atoms with Gasteiger partial charge in [-0.1, -0.05) is 12.1 Å². The standard InChI is InChI=1S/C17H19NO2S/c1-20-15-5-2-13(3-6-15)4-7-17(19)18-10-8-16-14(12-18)9-11-21-16/h2-3,5-6,9,11H,4,7-8,10,12H2,1H3. The second-order valence-corrected chi connectivity index (χ2v) is 6.28. The van der Waals surface area contributed by atoms with Crippen molar-refractivity contribution in [2.24, 2.45) is 0 Å². The minimum absolute atomic E-state index is 0.252. The Morgan fingerprint density at radius 1 is 1.29 bits per heavy atom. The minimum Gasteiger partial charge on any atom is -0.497 e. The van der Waals surface area contributed by atoms with Gasteiger partial charge >= 0.3 is 0 Å². The number of carbonyl (C=O) groups is 1. The molecule has 0 atom stereocenters. The van der Waals surface area contributed by atoms with E-state index in [-0.39, 0.29) is 5.91 Å². The van der Waals surface area contributed by atoms with Crippen LogP contribution in [0.15, 0.2) is 35.7 Å². The molecule has 0 radical (unpaired) electrons. The van der Waals surface area contributed by atoms with Gasteiger partial charge in [-0.25, -0.2) is 0 Å². The Kier molecular flexibility index (Phi) is 4.25. The van der Waals surface area contributed by atoms with Gasteiger partial charge in [0.1, 0.15) is 5.75 Å². The predicted molar refractivity (Wildman–Crippen MR) is 84.8 cm³/mol. The number of fused-ring (bicyclic) bond motifs is 1. The number of hydrogen-bond donors (Lipinski definition) is 0. The molecule has 0 spiro atoms. The fourth-order valence-electron chi connectivity index (χ4n) is 2.66. The average Bonchev–Trinajstić information content (AvgIpc) is 3.00. The van der Waals surface area contributed by atoms with E-state index < -0.39 is 0 Å². The number of carbonyl (C=O) groups excluding carboxylic acids is 1. The number of hydrogen-bond acceptors (Lipinski definition) is 3. The second-order valence-electron chi connectivity index (χ2n) is 5.28. The van der Waals surface area contributed by atoms with Crippen molar-refractivity contribution in [1.29, 1.82) is 0 Å². The van der Waals surface area contributed by atoms with Crippen molar-refractivity contribution in [1.82, 2.24) is 4.90 Å². The molecule has 4 heteroatoms. The Bertz CT molecular complexity index is 618. The highest BCUT2D eigenvalue weighted by Crippen LogP contribution is 2.24. The third-order valence-electron chi connectivity index (χ3n) is 3.95. The van der Waals surface area contributed by atoms with Crippen LogP contribution in [0.1, 0.15) is 22.4 Å². The Morgan fingerprint density at radius 2 is 2.10 bits per heavy atom. The SMILES string of the molecule is COc1ccc(CCC(=O)N2CCc3sccc3C2)cc1. The molecule has 0 bridgehead atoms. The van der Waals surface area contributed by atoms with Gasteiger partial charge < -0.3 is 9.64 Å². The summed E-state index contributed by atoms with van der Waals surface area (Å²) < 4.78 is 5.14. The zero-order valence-corrected chi connectivity index (χ0v) is 13.0. The third kappa shape index (κ3) is 3.27. The minimum atomic E-state index is 0.252. The Hall–Kier alpha value is -1.81. The van der Waals surface area contributed by atoms with Crippen molar-refractivity contribution in [3.63, 3.8) is 0 Å². The number of methoxy groups -OCH3 is 1. The van der Waals surface area contributed by atoms with Gasteiger partial charge in [0.25, 0.3) is 0 Å². The molecule has 0 saturated heterocycles. The maximum atomic E-state index is 12.3. The zero-order chi connectivity index (χ0) is 14.7. The summed E-state index contributed by atoms with van der Waals surface area (Å²) in [5.74, 6) is 1.11. The fourth-order valence-corrected chi connectivity index (χ4v) is 3.55. The van der Waals surface area contributed by atoms with Gasteiger partial charge in [0.15, 0.2) is 0 Å². The first-order valence-corrected chi connectivity index (χ1v) is 8.10. The molecule has 1 aliphatic rings. The van der Waals surface area contributed by atoms with Gasteiger partial charge in [0, 0.05) is 24.4 Å². The molecule has 0 fully saturated rings. The number of ether oxygens (including phenoxy) is 1. The van der Waals surface area contributed by atoms with Crippen LogP contribution >= 0.6 is 11.3 Å². The van der Waals surface area contributed by atoms with Crippen LogP contribution in [0.25, 0.3) is 0 Å². The molecule has 1 aromatic heterocycles. The lowest BCUT2D eigenvalue weighted by Crippen LogP contribution is -2.35. The molecule has 0 aliphatic carbocycles. The Balaban J connectivity index is 1.54. The quantitative estimate of drug-likeness (QED) is 0.867. The highest BCUT2D eigenvalue weighted by molar-refractivity contribution is 7.10. The van der Waals surface area contributed by atoms with E-state index in [1.54, 1.807) is 18.4 Å². The van der Waals surface area contributed by atoms with Crippen molar-refractivity contribution in [2.45, 2.75) is 25.8 Å². The molecule has 3 nitrogen and oxygen atoms in total. The van der Waals surface area contributed by atoms with Gasteiger partial charge in [-0.2, -0.15) is 0 Å². The topological polar surface area (TPSA) is 29.5 Å². The van der Waals surface area contributed by atoms with Gasteiger partial charge in [-0.15, -0.1) is 11.3 Å². The first-order chi connectivity index (χ1) is 10.3. The van der Waals surface area contributed by atoms with E-state index in [1.165, 1.54) is 16.0 Å². The average molecular weight is 301 g/mol. The molecular weight excluding hydrogens is 282 g/mol. The van der Waals surface area contributed by atoms with Crippen LogP contribution < -0.4 is 4.74 Å². The molecule has 1 aromatic carbocycles.